The van der Waals surface area contributed by atoms with Crippen molar-refractivity contribution >= 4 is 11.8 Å². The largest absolute Gasteiger partial charge is 0.354 e. The van der Waals surface area contributed by atoms with Gasteiger partial charge in [0, 0.05) is 19.5 Å². The van der Waals surface area contributed by atoms with Crippen LogP contribution in [-0.2, 0) is 22.6 Å². The molecular formula is C24H32N2O2. The normalized spacial score (nSPS) is 11.9. The molecule has 0 bridgehead atoms. The first-order chi connectivity index (χ1) is 13.4. The average Bonchev–Trinajstić information content (AvgIpc) is 2.68. The lowest BCUT2D eigenvalue weighted by molar-refractivity contribution is -0.140. The van der Waals surface area contributed by atoms with Crippen LogP contribution in [0.3, 0.4) is 0 Å². The van der Waals surface area contributed by atoms with E-state index in [9.17, 15) is 9.59 Å². The van der Waals surface area contributed by atoms with Crippen molar-refractivity contribution in [2.24, 2.45) is 5.92 Å². The van der Waals surface area contributed by atoms with E-state index in [4.69, 9.17) is 0 Å². The molecule has 0 aliphatic heterocycles. The lowest BCUT2D eigenvalue weighted by atomic mass is 10.1. The van der Waals surface area contributed by atoms with Crippen molar-refractivity contribution in [3.8, 4) is 0 Å². The molecule has 0 saturated carbocycles. The van der Waals surface area contributed by atoms with Crippen LogP contribution in [-0.4, -0.2) is 29.3 Å². The number of hydrogen-bond acceptors (Lipinski definition) is 2. The van der Waals surface area contributed by atoms with Crippen LogP contribution < -0.4 is 5.32 Å². The molecule has 1 unspecified atom stereocenters. The van der Waals surface area contributed by atoms with E-state index in [1.54, 1.807) is 4.90 Å². The van der Waals surface area contributed by atoms with Crippen molar-refractivity contribution < 1.29 is 9.59 Å². The summed E-state index contributed by atoms with van der Waals surface area (Å²) in [4.78, 5) is 27.4. The summed E-state index contributed by atoms with van der Waals surface area (Å²) in [6.45, 7) is 9.00. The Labute approximate surface area is 169 Å². The molecule has 0 aliphatic rings. The van der Waals surface area contributed by atoms with Crippen molar-refractivity contribution in [3.63, 3.8) is 0 Å². The second kappa shape index (κ2) is 10.6. The first kappa shape index (κ1) is 21.7. The molecule has 2 rings (SSSR count). The monoisotopic (exact) mass is 380 g/mol. The van der Waals surface area contributed by atoms with Crippen molar-refractivity contribution in [3.05, 3.63) is 71.3 Å². The summed E-state index contributed by atoms with van der Waals surface area (Å²) >= 11 is 0. The Hall–Kier alpha value is -2.62. The summed E-state index contributed by atoms with van der Waals surface area (Å²) in [7, 11) is 0. The third kappa shape index (κ3) is 6.84. The van der Waals surface area contributed by atoms with Gasteiger partial charge in [-0.15, -0.1) is 0 Å². The maximum absolute atomic E-state index is 13.0. The van der Waals surface area contributed by atoms with Gasteiger partial charge in [0.05, 0.1) is 0 Å². The van der Waals surface area contributed by atoms with Crippen LogP contribution in [0.15, 0.2) is 54.6 Å². The quantitative estimate of drug-likeness (QED) is 0.711. The average molecular weight is 381 g/mol. The number of aryl methyl sites for hydroxylation is 2. The Morgan fingerprint density at radius 1 is 0.964 bits per heavy atom. The van der Waals surface area contributed by atoms with E-state index >= 15 is 0 Å². The standard InChI is InChI=1S/C24H32N2O2/c1-18(2)16-25-24(28)20(4)26(17-22-12-8-9-19(3)15-22)23(27)14-13-21-10-6-5-7-11-21/h5-12,15,18,20H,13-14,16-17H2,1-4H3,(H,25,28). The number of amides is 2. The molecular weight excluding hydrogens is 348 g/mol. The van der Waals surface area contributed by atoms with Gasteiger partial charge in [-0.1, -0.05) is 74.0 Å². The fourth-order valence-corrected chi connectivity index (χ4v) is 3.08. The van der Waals surface area contributed by atoms with Crippen LogP contribution in [0.4, 0.5) is 0 Å². The first-order valence-electron chi connectivity index (χ1n) is 10.0. The van der Waals surface area contributed by atoms with E-state index < -0.39 is 6.04 Å². The number of nitrogens with zero attached hydrogens (tertiary/aromatic N) is 1. The van der Waals surface area contributed by atoms with Gasteiger partial charge in [0.2, 0.25) is 11.8 Å². The highest BCUT2D eigenvalue weighted by Crippen LogP contribution is 2.14. The summed E-state index contributed by atoms with van der Waals surface area (Å²) < 4.78 is 0. The van der Waals surface area contributed by atoms with E-state index in [-0.39, 0.29) is 11.8 Å². The Kier molecular flexibility index (Phi) is 8.24. The minimum atomic E-state index is -0.512. The molecule has 0 saturated heterocycles. The Bertz CT molecular complexity index is 771. The number of rotatable bonds is 9. The third-order valence-electron chi connectivity index (χ3n) is 4.76. The first-order valence-corrected chi connectivity index (χ1v) is 10.0. The van der Waals surface area contributed by atoms with Crippen LogP contribution in [0.2, 0.25) is 0 Å². The number of nitrogens with one attached hydrogen (secondary N) is 1. The van der Waals surface area contributed by atoms with E-state index in [0.29, 0.717) is 31.8 Å². The van der Waals surface area contributed by atoms with Gasteiger partial charge in [-0.3, -0.25) is 9.59 Å². The molecule has 0 radical (unpaired) electrons. The summed E-state index contributed by atoms with van der Waals surface area (Å²) in [5.74, 6) is 0.266. The molecule has 0 heterocycles. The zero-order chi connectivity index (χ0) is 20.5. The topological polar surface area (TPSA) is 49.4 Å². The molecule has 1 N–H and O–H groups in total. The van der Waals surface area contributed by atoms with Gasteiger partial charge in [-0.05, 0) is 37.3 Å². The summed E-state index contributed by atoms with van der Waals surface area (Å²) in [5, 5.41) is 2.96. The molecule has 4 heteroatoms. The molecule has 4 nitrogen and oxygen atoms in total. The number of benzene rings is 2. The molecule has 2 amide bonds. The maximum atomic E-state index is 13.0. The predicted molar refractivity (Wildman–Crippen MR) is 114 cm³/mol. The van der Waals surface area contributed by atoms with Gasteiger partial charge < -0.3 is 10.2 Å². The number of hydrogen-bond donors (Lipinski definition) is 1. The van der Waals surface area contributed by atoms with E-state index in [1.165, 1.54) is 0 Å². The summed E-state index contributed by atoms with van der Waals surface area (Å²) in [6.07, 6.45) is 1.06. The molecule has 0 aromatic heterocycles. The molecule has 2 aromatic rings. The van der Waals surface area contributed by atoms with Gasteiger partial charge in [0.1, 0.15) is 6.04 Å². The fourth-order valence-electron chi connectivity index (χ4n) is 3.08. The minimum absolute atomic E-state index is 0.00226. The number of carbonyl (C=O) groups excluding carboxylic acids is 2. The van der Waals surface area contributed by atoms with E-state index in [1.807, 2.05) is 62.4 Å². The molecule has 0 fully saturated rings. The van der Waals surface area contributed by atoms with Gasteiger partial charge >= 0.3 is 0 Å². The van der Waals surface area contributed by atoms with Crippen LogP contribution in [0.1, 0.15) is 43.9 Å². The SMILES string of the molecule is Cc1cccc(CN(C(=O)CCc2ccccc2)C(C)C(=O)NCC(C)C)c1. The highest BCUT2D eigenvalue weighted by atomic mass is 16.2. The second-order valence-corrected chi connectivity index (χ2v) is 7.81. The smallest absolute Gasteiger partial charge is 0.242 e. The lowest BCUT2D eigenvalue weighted by Crippen LogP contribution is -2.48. The zero-order valence-corrected chi connectivity index (χ0v) is 17.4. The molecule has 1 atom stereocenters. The van der Waals surface area contributed by atoms with Crippen LogP contribution >= 0.6 is 0 Å². The van der Waals surface area contributed by atoms with Crippen LogP contribution in [0.5, 0.6) is 0 Å². The van der Waals surface area contributed by atoms with E-state index in [0.717, 1.165) is 16.7 Å². The maximum Gasteiger partial charge on any atom is 0.242 e. The Balaban J connectivity index is 2.11. The lowest BCUT2D eigenvalue weighted by Gasteiger charge is -2.29. The molecule has 150 valence electrons. The third-order valence-corrected chi connectivity index (χ3v) is 4.76. The van der Waals surface area contributed by atoms with Crippen LogP contribution in [0, 0.1) is 12.8 Å². The van der Waals surface area contributed by atoms with Gasteiger partial charge in [0.15, 0.2) is 0 Å². The van der Waals surface area contributed by atoms with Gasteiger partial charge in [0.25, 0.3) is 0 Å². The highest BCUT2D eigenvalue weighted by molar-refractivity contribution is 5.87. The van der Waals surface area contributed by atoms with E-state index in [2.05, 4.69) is 25.2 Å². The predicted octanol–water partition coefficient (Wildman–Crippen LogP) is 4.12. The van der Waals surface area contributed by atoms with Crippen molar-refractivity contribution in [2.75, 3.05) is 6.54 Å². The number of carbonyl (C=O) groups is 2. The van der Waals surface area contributed by atoms with Gasteiger partial charge in [-0.2, -0.15) is 0 Å². The molecule has 0 spiro atoms. The van der Waals surface area contributed by atoms with Crippen molar-refractivity contribution in [1.82, 2.24) is 10.2 Å². The second-order valence-electron chi connectivity index (χ2n) is 7.81. The molecule has 2 aromatic carbocycles. The zero-order valence-electron chi connectivity index (χ0n) is 17.4. The van der Waals surface area contributed by atoms with Crippen LogP contribution in [0.25, 0.3) is 0 Å². The van der Waals surface area contributed by atoms with Crippen molar-refractivity contribution in [1.29, 1.82) is 0 Å². The summed E-state index contributed by atoms with van der Waals surface area (Å²) in [5.41, 5.74) is 3.31. The Morgan fingerprint density at radius 3 is 2.29 bits per heavy atom. The highest BCUT2D eigenvalue weighted by Gasteiger charge is 2.25. The van der Waals surface area contributed by atoms with Crippen molar-refractivity contribution in [2.45, 2.75) is 53.1 Å². The summed E-state index contributed by atoms with van der Waals surface area (Å²) in [6, 6.07) is 17.6. The molecule has 28 heavy (non-hydrogen) atoms. The fraction of sp³-hybridized carbons (Fsp3) is 0.417. The molecule has 0 aliphatic carbocycles. The minimum Gasteiger partial charge on any atom is -0.354 e. The Morgan fingerprint density at radius 2 is 1.64 bits per heavy atom. The van der Waals surface area contributed by atoms with Gasteiger partial charge in [-0.25, -0.2) is 0 Å².